The van der Waals surface area contributed by atoms with Gasteiger partial charge in [-0.2, -0.15) is 0 Å². The van der Waals surface area contributed by atoms with E-state index in [2.05, 4.69) is 29.6 Å². The summed E-state index contributed by atoms with van der Waals surface area (Å²) in [6.45, 7) is 6.12. The van der Waals surface area contributed by atoms with Gasteiger partial charge in [-0.25, -0.2) is 9.07 Å². The van der Waals surface area contributed by atoms with Crippen LogP contribution in [-0.2, 0) is 9.59 Å². The van der Waals surface area contributed by atoms with Gasteiger partial charge < -0.3 is 15.7 Å². The fourth-order valence-electron chi connectivity index (χ4n) is 4.20. The number of aryl methyl sites for hydroxylation is 1. The summed E-state index contributed by atoms with van der Waals surface area (Å²) >= 11 is 0. The molecule has 0 atom stereocenters. The molecule has 1 aromatic heterocycles. The number of benzene rings is 1. The topological polar surface area (TPSA) is 96.2 Å². The first kappa shape index (κ1) is 20.0. The number of carbonyl (C=O) groups excluding carboxylic acids is 2. The average molecular weight is 388 g/mol. The number of aliphatic hydroxyl groups excluding tert-OH is 1. The molecule has 150 valence electrons. The molecule has 7 nitrogen and oxygen atoms in total. The predicted molar refractivity (Wildman–Crippen MR) is 102 cm³/mol. The summed E-state index contributed by atoms with van der Waals surface area (Å²) in [5.74, 6) is -1.94. The Kier molecular flexibility index (Phi) is 5.25. The maximum atomic E-state index is 14.0. The highest BCUT2D eigenvalue weighted by Crippen LogP contribution is 2.53. The molecule has 0 spiro atoms. The number of hydrogen-bond acceptors (Lipinski definition) is 4. The number of halogens is 1. The number of nitrogens with one attached hydrogen (secondary N) is 2. The second-order valence-electron chi connectivity index (χ2n) is 8.35. The molecule has 1 aliphatic carbocycles. The van der Waals surface area contributed by atoms with Crippen LogP contribution in [0.1, 0.15) is 32.4 Å². The molecule has 0 aliphatic heterocycles. The third-order valence-corrected chi connectivity index (χ3v) is 5.08. The molecule has 0 saturated heterocycles. The van der Waals surface area contributed by atoms with Gasteiger partial charge in [0.1, 0.15) is 11.5 Å². The predicted octanol–water partition coefficient (Wildman–Crippen LogP) is 2.17. The van der Waals surface area contributed by atoms with E-state index < -0.39 is 17.6 Å². The maximum Gasteiger partial charge on any atom is 0.314 e. The van der Waals surface area contributed by atoms with Crippen LogP contribution in [0.2, 0.25) is 0 Å². The molecule has 28 heavy (non-hydrogen) atoms. The Balaban J connectivity index is 1.61. The van der Waals surface area contributed by atoms with Crippen molar-refractivity contribution in [2.75, 3.05) is 18.5 Å². The quantitative estimate of drug-likeness (QED) is 0.684. The van der Waals surface area contributed by atoms with Crippen LogP contribution in [0.15, 0.2) is 30.3 Å². The zero-order valence-electron chi connectivity index (χ0n) is 16.3. The van der Waals surface area contributed by atoms with E-state index in [1.807, 2.05) is 0 Å². The SMILES string of the molecule is Cc1cc(NC(=O)C(=O)NCC2(CO)CC(C)(C)C2)nn1-c1ccccc1F. The Morgan fingerprint density at radius 1 is 1.25 bits per heavy atom. The molecule has 1 saturated carbocycles. The maximum absolute atomic E-state index is 14.0. The highest BCUT2D eigenvalue weighted by atomic mass is 19.1. The fourth-order valence-corrected chi connectivity index (χ4v) is 4.20. The van der Waals surface area contributed by atoms with Crippen LogP contribution in [0, 0.1) is 23.6 Å². The smallest absolute Gasteiger partial charge is 0.314 e. The van der Waals surface area contributed by atoms with Crippen molar-refractivity contribution in [2.45, 2.75) is 33.6 Å². The number of amides is 2. The van der Waals surface area contributed by atoms with E-state index in [-0.39, 0.29) is 35.5 Å². The van der Waals surface area contributed by atoms with E-state index in [0.29, 0.717) is 5.69 Å². The Hall–Kier alpha value is -2.74. The van der Waals surface area contributed by atoms with Crippen molar-refractivity contribution in [1.82, 2.24) is 15.1 Å². The number of aliphatic hydroxyl groups is 1. The number of anilines is 1. The summed E-state index contributed by atoms with van der Waals surface area (Å²) in [7, 11) is 0. The Bertz CT molecular complexity index is 899. The highest BCUT2D eigenvalue weighted by Gasteiger charge is 2.48. The summed E-state index contributed by atoms with van der Waals surface area (Å²) in [6.07, 6.45) is 1.56. The number of carbonyl (C=O) groups is 2. The van der Waals surface area contributed by atoms with Gasteiger partial charge in [-0.3, -0.25) is 9.59 Å². The number of nitrogens with zero attached hydrogens (tertiary/aromatic N) is 2. The molecule has 8 heteroatoms. The fraction of sp³-hybridized carbons (Fsp3) is 0.450. The van der Waals surface area contributed by atoms with Crippen molar-refractivity contribution >= 4 is 17.6 Å². The van der Waals surface area contributed by atoms with E-state index >= 15 is 0 Å². The van der Waals surface area contributed by atoms with Crippen LogP contribution in [0.4, 0.5) is 10.2 Å². The summed E-state index contributed by atoms with van der Waals surface area (Å²) in [6, 6.07) is 7.71. The zero-order valence-corrected chi connectivity index (χ0v) is 16.3. The molecule has 1 aliphatic rings. The molecular weight excluding hydrogens is 363 g/mol. The van der Waals surface area contributed by atoms with Crippen molar-refractivity contribution in [3.8, 4) is 5.69 Å². The lowest BCUT2D eigenvalue weighted by Crippen LogP contribution is -2.53. The second-order valence-corrected chi connectivity index (χ2v) is 8.35. The number of para-hydroxylation sites is 1. The molecule has 2 aromatic rings. The van der Waals surface area contributed by atoms with Gasteiger partial charge in [0.15, 0.2) is 5.82 Å². The summed E-state index contributed by atoms with van der Waals surface area (Å²) in [4.78, 5) is 24.3. The first-order valence-electron chi connectivity index (χ1n) is 9.16. The molecule has 3 N–H and O–H groups in total. The number of aromatic nitrogens is 2. The minimum absolute atomic E-state index is 0.0371. The average Bonchev–Trinajstić information content (AvgIpc) is 2.97. The van der Waals surface area contributed by atoms with Gasteiger partial charge in [0.25, 0.3) is 0 Å². The van der Waals surface area contributed by atoms with Crippen LogP contribution in [0.3, 0.4) is 0 Å². The minimum atomic E-state index is -0.857. The molecule has 3 rings (SSSR count). The van der Waals surface area contributed by atoms with E-state index in [9.17, 15) is 19.1 Å². The monoisotopic (exact) mass is 388 g/mol. The third-order valence-electron chi connectivity index (χ3n) is 5.08. The van der Waals surface area contributed by atoms with E-state index in [0.717, 1.165) is 12.8 Å². The van der Waals surface area contributed by atoms with Crippen molar-refractivity contribution in [1.29, 1.82) is 0 Å². The molecular formula is C20H25FN4O3. The molecule has 1 heterocycles. The van der Waals surface area contributed by atoms with E-state index in [1.54, 1.807) is 31.2 Å². The van der Waals surface area contributed by atoms with Crippen LogP contribution in [0.5, 0.6) is 0 Å². The van der Waals surface area contributed by atoms with Gasteiger partial charge in [0.05, 0.1) is 6.61 Å². The van der Waals surface area contributed by atoms with Crippen LogP contribution in [0.25, 0.3) is 5.69 Å². The highest BCUT2D eigenvalue weighted by molar-refractivity contribution is 6.39. The first-order valence-corrected chi connectivity index (χ1v) is 9.16. The molecule has 1 aromatic carbocycles. The van der Waals surface area contributed by atoms with Gasteiger partial charge in [-0.15, -0.1) is 5.10 Å². The second kappa shape index (κ2) is 7.35. The van der Waals surface area contributed by atoms with Crippen molar-refractivity contribution in [3.63, 3.8) is 0 Å². The van der Waals surface area contributed by atoms with Gasteiger partial charge in [0.2, 0.25) is 0 Å². The van der Waals surface area contributed by atoms with Crippen LogP contribution >= 0.6 is 0 Å². The lowest BCUT2D eigenvalue weighted by molar-refractivity contribution is -0.137. The Labute approximate surface area is 162 Å². The number of rotatable bonds is 5. The first-order chi connectivity index (χ1) is 13.1. The summed E-state index contributed by atoms with van der Waals surface area (Å²) < 4.78 is 15.3. The van der Waals surface area contributed by atoms with E-state index in [4.69, 9.17) is 0 Å². The van der Waals surface area contributed by atoms with Gasteiger partial charge in [-0.1, -0.05) is 26.0 Å². The van der Waals surface area contributed by atoms with Crippen molar-refractivity contribution in [2.24, 2.45) is 10.8 Å². The van der Waals surface area contributed by atoms with Crippen molar-refractivity contribution in [3.05, 3.63) is 41.8 Å². The number of hydrogen-bond donors (Lipinski definition) is 3. The lowest BCUT2D eigenvalue weighted by Gasteiger charge is -2.52. The molecule has 0 radical (unpaired) electrons. The molecule has 1 fully saturated rings. The summed E-state index contributed by atoms with van der Waals surface area (Å²) in [5.41, 5.74) is 0.620. The molecule has 0 bridgehead atoms. The minimum Gasteiger partial charge on any atom is -0.396 e. The lowest BCUT2D eigenvalue weighted by atomic mass is 9.54. The Morgan fingerprint density at radius 3 is 2.54 bits per heavy atom. The van der Waals surface area contributed by atoms with Crippen molar-refractivity contribution < 1.29 is 19.1 Å². The largest absolute Gasteiger partial charge is 0.396 e. The zero-order chi connectivity index (χ0) is 20.5. The van der Waals surface area contributed by atoms with Gasteiger partial charge in [0, 0.05) is 23.7 Å². The Morgan fingerprint density at radius 2 is 1.93 bits per heavy atom. The normalized spacial score (nSPS) is 16.9. The van der Waals surface area contributed by atoms with Crippen LogP contribution < -0.4 is 10.6 Å². The van der Waals surface area contributed by atoms with Gasteiger partial charge >= 0.3 is 11.8 Å². The van der Waals surface area contributed by atoms with Gasteiger partial charge in [-0.05, 0) is 37.3 Å². The van der Waals surface area contributed by atoms with Crippen LogP contribution in [-0.4, -0.2) is 39.9 Å². The van der Waals surface area contributed by atoms with E-state index in [1.165, 1.54) is 10.7 Å². The standard InChI is InChI=1S/C20H25FN4O3/c1-13-8-16(24-25(13)15-7-5-4-6-14(15)21)23-18(28)17(27)22-11-20(12-26)9-19(2,3)10-20/h4-8,26H,9-12H2,1-3H3,(H,22,27)(H,23,24,28). The molecule has 0 unspecified atom stereocenters. The third kappa shape index (κ3) is 4.06. The summed E-state index contributed by atoms with van der Waals surface area (Å²) in [5, 5.41) is 18.8. The molecule has 2 amide bonds.